The lowest BCUT2D eigenvalue weighted by molar-refractivity contribution is 0.0695. The Kier molecular flexibility index (Phi) is 4.76. The van der Waals surface area contributed by atoms with Crippen LogP contribution >= 0.6 is 11.3 Å². The lowest BCUT2D eigenvalue weighted by atomic mass is 10.2. The van der Waals surface area contributed by atoms with Gasteiger partial charge < -0.3 is 14.7 Å². The van der Waals surface area contributed by atoms with Gasteiger partial charge in [-0.3, -0.25) is 0 Å². The summed E-state index contributed by atoms with van der Waals surface area (Å²) in [5.74, 6) is -0.450. The summed E-state index contributed by atoms with van der Waals surface area (Å²) < 4.78 is 5.60. The molecule has 1 unspecified atom stereocenters. The molecular weight excluding hydrogens is 226 g/mol. The largest absolute Gasteiger partial charge is 0.489 e. The second kappa shape index (κ2) is 5.86. The van der Waals surface area contributed by atoms with Crippen LogP contribution in [0, 0.1) is 0 Å². The smallest absolute Gasteiger partial charge is 0.349 e. The molecule has 0 radical (unpaired) electrons. The van der Waals surface area contributed by atoms with Gasteiger partial charge in [0.1, 0.15) is 5.75 Å². The average Bonchev–Trinajstić information content (AvgIpc) is 2.62. The number of carboxylic acids is 1. The van der Waals surface area contributed by atoms with Gasteiger partial charge in [-0.25, -0.2) is 4.79 Å². The molecule has 0 saturated heterocycles. The maximum Gasteiger partial charge on any atom is 0.349 e. The van der Waals surface area contributed by atoms with Crippen LogP contribution in [-0.4, -0.2) is 42.7 Å². The summed E-state index contributed by atoms with van der Waals surface area (Å²) in [5.41, 5.74) is 0. The molecule has 0 fully saturated rings. The van der Waals surface area contributed by atoms with Gasteiger partial charge in [0.25, 0.3) is 0 Å². The van der Waals surface area contributed by atoms with E-state index in [1.54, 1.807) is 11.4 Å². The second-order valence-corrected chi connectivity index (χ2v) is 4.86. The van der Waals surface area contributed by atoms with Crippen LogP contribution in [-0.2, 0) is 0 Å². The second-order valence-electron chi connectivity index (χ2n) is 3.94. The molecule has 5 heteroatoms. The van der Waals surface area contributed by atoms with Crippen molar-refractivity contribution in [2.24, 2.45) is 0 Å². The molecule has 1 heterocycles. The van der Waals surface area contributed by atoms with Gasteiger partial charge in [0.15, 0.2) is 4.88 Å². The van der Waals surface area contributed by atoms with Crippen molar-refractivity contribution in [1.29, 1.82) is 0 Å². The summed E-state index contributed by atoms with van der Waals surface area (Å²) in [4.78, 5) is 13.2. The Labute approximate surface area is 99.5 Å². The normalized spacial score (nSPS) is 12.8. The van der Waals surface area contributed by atoms with Crippen molar-refractivity contribution in [2.45, 2.75) is 19.4 Å². The highest BCUT2D eigenvalue weighted by atomic mass is 32.1. The molecule has 1 N–H and O–H groups in total. The fourth-order valence-electron chi connectivity index (χ4n) is 1.26. The molecule has 0 amide bonds. The van der Waals surface area contributed by atoms with Gasteiger partial charge >= 0.3 is 5.97 Å². The predicted molar refractivity (Wildman–Crippen MR) is 64.5 cm³/mol. The highest BCUT2D eigenvalue weighted by Gasteiger charge is 2.15. The maximum atomic E-state index is 10.9. The number of hydrogen-bond acceptors (Lipinski definition) is 4. The van der Waals surface area contributed by atoms with Crippen LogP contribution in [0.4, 0.5) is 0 Å². The molecule has 16 heavy (non-hydrogen) atoms. The summed E-state index contributed by atoms with van der Waals surface area (Å²) in [6.07, 6.45) is 0.900. The van der Waals surface area contributed by atoms with Crippen LogP contribution in [0.2, 0.25) is 0 Å². The lowest BCUT2D eigenvalue weighted by Gasteiger charge is -2.16. The first-order valence-corrected chi connectivity index (χ1v) is 6.01. The van der Waals surface area contributed by atoms with Crippen molar-refractivity contribution in [2.75, 3.05) is 20.6 Å². The van der Waals surface area contributed by atoms with Crippen LogP contribution in [0.3, 0.4) is 0 Å². The van der Waals surface area contributed by atoms with E-state index in [1.165, 1.54) is 11.3 Å². The monoisotopic (exact) mass is 243 g/mol. The highest BCUT2D eigenvalue weighted by Crippen LogP contribution is 2.26. The van der Waals surface area contributed by atoms with Crippen LogP contribution in [0.5, 0.6) is 5.75 Å². The summed E-state index contributed by atoms with van der Waals surface area (Å²) in [5, 5.41) is 10.6. The number of aromatic carboxylic acids is 1. The van der Waals surface area contributed by atoms with Crippen LogP contribution in [0.1, 0.15) is 23.0 Å². The fraction of sp³-hybridized carbons (Fsp3) is 0.545. The number of carboxylic acid groups (broad SMARTS) is 1. The molecule has 1 aromatic rings. The van der Waals surface area contributed by atoms with E-state index in [0.29, 0.717) is 5.75 Å². The van der Waals surface area contributed by atoms with Crippen LogP contribution < -0.4 is 4.74 Å². The van der Waals surface area contributed by atoms with Gasteiger partial charge in [-0.1, -0.05) is 0 Å². The van der Waals surface area contributed by atoms with E-state index in [-0.39, 0.29) is 11.0 Å². The molecule has 1 atom stereocenters. The summed E-state index contributed by atoms with van der Waals surface area (Å²) in [6, 6.07) is 1.71. The van der Waals surface area contributed by atoms with Gasteiger partial charge in [0, 0.05) is 6.54 Å². The number of thiophene rings is 1. The Balaban J connectivity index is 2.52. The minimum Gasteiger partial charge on any atom is -0.489 e. The van der Waals surface area contributed by atoms with Gasteiger partial charge in [0.05, 0.1) is 6.10 Å². The van der Waals surface area contributed by atoms with Crippen molar-refractivity contribution >= 4 is 17.3 Å². The van der Waals surface area contributed by atoms with Gasteiger partial charge in [0.2, 0.25) is 0 Å². The van der Waals surface area contributed by atoms with E-state index in [2.05, 4.69) is 4.90 Å². The van der Waals surface area contributed by atoms with Crippen molar-refractivity contribution in [3.8, 4) is 5.75 Å². The first-order valence-electron chi connectivity index (χ1n) is 5.13. The van der Waals surface area contributed by atoms with Gasteiger partial charge in [-0.15, -0.1) is 11.3 Å². The van der Waals surface area contributed by atoms with Crippen molar-refractivity contribution in [1.82, 2.24) is 4.90 Å². The zero-order valence-corrected chi connectivity index (χ0v) is 10.6. The van der Waals surface area contributed by atoms with Gasteiger partial charge in [-0.2, -0.15) is 0 Å². The minimum absolute atomic E-state index is 0.0232. The first kappa shape index (κ1) is 13.0. The Bertz CT molecular complexity index is 349. The van der Waals surface area contributed by atoms with Gasteiger partial charge in [-0.05, 0) is 38.9 Å². The number of hydrogen-bond donors (Lipinski definition) is 1. The van der Waals surface area contributed by atoms with Crippen molar-refractivity contribution in [3.05, 3.63) is 16.3 Å². The molecule has 1 rings (SSSR count). The maximum absolute atomic E-state index is 10.9. The summed E-state index contributed by atoms with van der Waals surface area (Å²) >= 11 is 1.19. The van der Waals surface area contributed by atoms with E-state index in [1.807, 2.05) is 21.0 Å². The molecule has 0 aliphatic carbocycles. The molecule has 0 saturated carbocycles. The average molecular weight is 243 g/mol. The zero-order chi connectivity index (χ0) is 12.1. The molecule has 90 valence electrons. The molecule has 1 aromatic heterocycles. The Morgan fingerprint density at radius 1 is 1.62 bits per heavy atom. The number of nitrogens with zero attached hydrogens (tertiary/aromatic N) is 1. The van der Waals surface area contributed by atoms with E-state index in [4.69, 9.17) is 9.84 Å². The molecule has 0 spiro atoms. The number of carbonyl (C=O) groups is 1. The van der Waals surface area contributed by atoms with E-state index in [0.717, 1.165) is 13.0 Å². The summed E-state index contributed by atoms with van der Waals surface area (Å²) in [6.45, 7) is 2.88. The molecular formula is C11H17NO3S. The van der Waals surface area contributed by atoms with Crippen molar-refractivity contribution in [3.63, 3.8) is 0 Å². The van der Waals surface area contributed by atoms with Crippen LogP contribution in [0.25, 0.3) is 0 Å². The number of ether oxygens (including phenoxy) is 1. The summed E-state index contributed by atoms with van der Waals surface area (Å²) in [7, 11) is 4.00. The molecule has 4 nitrogen and oxygen atoms in total. The zero-order valence-electron chi connectivity index (χ0n) is 9.77. The minimum atomic E-state index is -0.926. The third kappa shape index (κ3) is 3.83. The molecule has 0 aromatic carbocycles. The van der Waals surface area contributed by atoms with E-state index in [9.17, 15) is 4.79 Å². The number of rotatable bonds is 6. The fourth-order valence-corrected chi connectivity index (χ4v) is 1.92. The third-order valence-electron chi connectivity index (χ3n) is 2.13. The van der Waals surface area contributed by atoms with E-state index >= 15 is 0 Å². The highest BCUT2D eigenvalue weighted by molar-refractivity contribution is 7.12. The van der Waals surface area contributed by atoms with E-state index < -0.39 is 5.97 Å². The molecule has 0 bridgehead atoms. The SMILES string of the molecule is CC(CCN(C)C)Oc1ccsc1C(=O)O. The molecule has 0 aliphatic heterocycles. The Morgan fingerprint density at radius 2 is 2.31 bits per heavy atom. The first-order chi connectivity index (χ1) is 7.50. The topological polar surface area (TPSA) is 49.8 Å². The third-order valence-corrected chi connectivity index (χ3v) is 3.02. The standard InChI is InChI=1S/C11H17NO3S/c1-8(4-6-12(2)3)15-9-5-7-16-10(9)11(13)14/h5,7-8H,4,6H2,1-3H3,(H,13,14). The quantitative estimate of drug-likeness (QED) is 0.832. The van der Waals surface area contributed by atoms with Crippen LogP contribution in [0.15, 0.2) is 11.4 Å². The van der Waals surface area contributed by atoms with Crippen molar-refractivity contribution < 1.29 is 14.6 Å². The predicted octanol–water partition coefficient (Wildman–Crippen LogP) is 2.17. The molecule has 0 aliphatic rings. The Morgan fingerprint density at radius 3 is 2.88 bits per heavy atom. The lowest BCUT2D eigenvalue weighted by Crippen LogP contribution is -2.21. The Hall–Kier alpha value is -1.07.